The number of hydrogen-bond acceptors (Lipinski definition) is 7. The molecule has 0 radical (unpaired) electrons. The van der Waals surface area contributed by atoms with Gasteiger partial charge in [0.2, 0.25) is 11.8 Å². The molecule has 4 unspecified atom stereocenters. The number of nitrogens with zero attached hydrogens (tertiary/aromatic N) is 1. The lowest BCUT2D eigenvalue weighted by atomic mass is 9.77. The van der Waals surface area contributed by atoms with E-state index in [-0.39, 0.29) is 54.7 Å². The minimum Gasteiger partial charge on any atom is -0.493 e. The Morgan fingerprint density at radius 1 is 1.27 bits per heavy atom. The minimum absolute atomic E-state index is 0.0149. The highest BCUT2D eigenvalue weighted by Gasteiger charge is 2.51. The first-order chi connectivity index (χ1) is 17.8. The van der Waals surface area contributed by atoms with Crippen LogP contribution >= 0.6 is 0 Å². The Hall–Kier alpha value is -3.76. The van der Waals surface area contributed by atoms with Gasteiger partial charge in [0, 0.05) is 41.8 Å². The summed E-state index contributed by atoms with van der Waals surface area (Å²) in [4.78, 5) is 39.2. The van der Waals surface area contributed by atoms with E-state index in [4.69, 9.17) is 9.47 Å². The van der Waals surface area contributed by atoms with Crippen molar-refractivity contribution in [2.45, 2.75) is 44.1 Å². The molecule has 2 aliphatic rings. The number of methoxy groups -OCH3 is 1. The standard InChI is InChI=1S/C27H29FN2O7/c1-3-22(33)30(13-16-6-4-5-7-19(16)28)20-12-18(27(35)29-8-9-31)23-17-10-15(14-32)11-21(36-2)25(17)37-26(23)24(20)34/h4-7,10-12,14,20,23-24,26,31,34H,3,8-9,13H2,1-2H3,(H,29,35). The first-order valence-corrected chi connectivity index (χ1v) is 12.0. The van der Waals surface area contributed by atoms with Crippen molar-refractivity contribution < 1.29 is 38.5 Å². The molecule has 10 heteroatoms. The minimum atomic E-state index is -1.29. The third-order valence-electron chi connectivity index (χ3n) is 6.69. The highest BCUT2D eigenvalue weighted by molar-refractivity contribution is 5.96. The molecular formula is C27H29FN2O7. The van der Waals surface area contributed by atoms with Gasteiger partial charge >= 0.3 is 0 Å². The first kappa shape index (κ1) is 26.3. The van der Waals surface area contributed by atoms with Crippen molar-refractivity contribution in [3.05, 3.63) is 70.6 Å². The lowest BCUT2D eigenvalue weighted by Gasteiger charge is -2.40. The number of fused-ring (bicyclic) bond motifs is 3. The molecule has 0 saturated carbocycles. The summed E-state index contributed by atoms with van der Waals surface area (Å²) in [5, 5.41) is 23.3. The van der Waals surface area contributed by atoms with Crippen LogP contribution in [0.1, 0.15) is 40.7 Å². The molecule has 1 heterocycles. The summed E-state index contributed by atoms with van der Waals surface area (Å²) in [5.74, 6) is -1.61. The molecule has 2 amide bonds. The van der Waals surface area contributed by atoms with Crippen LogP contribution in [-0.2, 0) is 16.1 Å². The Morgan fingerprint density at radius 3 is 2.68 bits per heavy atom. The van der Waals surface area contributed by atoms with Crippen LogP contribution in [0.4, 0.5) is 4.39 Å². The molecule has 3 N–H and O–H groups in total. The largest absolute Gasteiger partial charge is 0.493 e. The van der Waals surface area contributed by atoms with E-state index in [1.54, 1.807) is 31.2 Å². The fraction of sp³-hybridized carbons (Fsp3) is 0.370. The predicted octanol–water partition coefficient (Wildman–Crippen LogP) is 1.71. The number of hydrogen-bond donors (Lipinski definition) is 3. The fourth-order valence-corrected chi connectivity index (χ4v) is 4.93. The van der Waals surface area contributed by atoms with Crippen molar-refractivity contribution in [2.24, 2.45) is 0 Å². The number of aliphatic hydroxyl groups is 2. The molecule has 0 spiro atoms. The zero-order valence-electron chi connectivity index (χ0n) is 20.5. The average Bonchev–Trinajstić information content (AvgIpc) is 3.31. The summed E-state index contributed by atoms with van der Waals surface area (Å²) in [7, 11) is 1.41. The molecule has 0 saturated heterocycles. The van der Waals surface area contributed by atoms with Crippen molar-refractivity contribution in [3.8, 4) is 11.5 Å². The maximum atomic E-state index is 14.5. The van der Waals surface area contributed by atoms with Crippen molar-refractivity contribution in [3.63, 3.8) is 0 Å². The van der Waals surface area contributed by atoms with Crippen LogP contribution in [0.15, 0.2) is 48.0 Å². The van der Waals surface area contributed by atoms with Gasteiger partial charge in [0.1, 0.15) is 24.3 Å². The Morgan fingerprint density at radius 2 is 2.03 bits per heavy atom. The molecule has 196 valence electrons. The van der Waals surface area contributed by atoms with Gasteiger partial charge in [-0.25, -0.2) is 4.39 Å². The number of rotatable bonds is 9. The zero-order chi connectivity index (χ0) is 26.7. The maximum Gasteiger partial charge on any atom is 0.247 e. The Bertz CT molecular complexity index is 1230. The number of aldehydes is 1. The SMILES string of the molecule is CCC(=O)N(Cc1ccccc1F)C1C=C(C(=O)NCCO)C2c3cc(C=O)cc(OC)c3OC2C1O. The van der Waals surface area contributed by atoms with E-state index < -0.39 is 35.9 Å². The van der Waals surface area contributed by atoms with Crippen LogP contribution in [0.5, 0.6) is 11.5 Å². The molecule has 4 rings (SSSR count). The molecule has 37 heavy (non-hydrogen) atoms. The lowest BCUT2D eigenvalue weighted by molar-refractivity contribution is -0.137. The van der Waals surface area contributed by atoms with Gasteiger partial charge in [0.25, 0.3) is 0 Å². The van der Waals surface area contributed by atoms with Gasteiger partial charge in [0.05, 0.1) is 25.7 Å². The van der Waals surface area contributed by atoms with Gasteiger partial charge in [-0.2, -0.15) is 0 Å². The summed E-state index contributed by atoms with van der Waals surface area (Å²) in [5.41, 5.74) is 1.23. The second-order valence-electron chi connectivity index (χ2n) is 8.87. The van der Waals surface area contributed by atoms with Crippen LogP contribution in [0, 0.1) is 5.82 Å². The predicted molar refractivity (Wildman–Crippen MR) is 131 cm³/mol. The first-order valence-electron chi connectivity index (χ1n) is 12.0. The maximum absolute atomic E-state index is 14.5. The summed E-state index contributed by atoms with van der Waals surface area (Å²) in [6.45, 7) is 1.22. The number of amides is 2. The molecule has 0 aromatic heterocycles. The summed E-state index contributed by atoms with van der Waals surface area (Å²) in [6, 6.07) is 8.08. The average molecular weight is 513 g/mol. The van der Waals surface area contributed by atoms with Crippen molar-refractivity contribution >= 4 is 18.1 Å². The molecular weight excluding hydrogens is 483 g/mol. The summed E-state index contributed by atoms with van der Waals surface area (Å²) >= 11 is 0. The van der Waals surface area contributed by atoms with Gasteiger partial charge in [-0.05, 0) is 24.3 Å². The molecule has 0 bridgehead atoms. The van der Waals surface area contributed by atoms with E-state index in [0.717, 1.165) is 0 Å². The number of halogens is 1. The number of nitrogens with one attached hydrogen (secondary N) is 1. The van der Waals surface area contributed by atoms with E-state index in [1.165, 1.54) is 30.2 Å². The molecule has 4 atom stereocenters. The quantitative estimate of drug-likeness (QED) is 0.437. The van der Waals surface area contributed by atoms with Gasteiger partial charge < -0.3 is 29.9 Å². The topological polar surface area (TPSA) is 125 Å². The van der Waals surface area contributed by atoms with Gasteiger partial charge in [-0.1, -0.05) is 25.1 Å². The number of aliphatic hydroxyl groups excluding tert-OH is 2. The van der Waals surface area contributed by atoms with Gasteiger partial charge in [0.15, 0.2) is 11.5 Å². The lowest BCUT2D eigenvalue weighted by Crippen LogP contribution is -2.55. The summed E-state index contributed by atoms with van der Waals surface area (Å²) < 4.78 is 26.0. The van der Waals surface area contributed by atoms with Crippen molar-refractivity contribution in [1.29, 1.82) is 0 Å². The molecule has 0 fully saturated rings. The molecule has 1 aliphatic carbocycles. The second kappa shape index (κ2) is 11.1. The highest BCUT2D eigenvalue weighted by Crippen LogP contribution is 2.51. The van der Waals surface area contributed by atoms with Crippen molar-refractivity contribution in [2.75, 3.05) is 20.3 Å². The van der Waals surface area contributed by atoms with E-state index >= 15 is 0 Å². The molecule has 1 aliphatic heterocycles. The Kier molecular flexibility index (Phi) is 7.89. The number of carbonyl (C=O) groups is 3. The molecule has 9 nitrogen and oxygen atoms in total. The highest BCUT2D eigenvalue weighted by atomic mass is 19.1. The number of benzene rings is 2. The van der Waals surface area contributed by atoms with E-state index in [9.17, 15) is 29.0 Å². The molecule has 2 aromatic carbocycles. The van der Waals surface area contributed by atoms with Crippen LogP contribution < -0.4 is 14.8 Å². The normalized spacial score (nSPS) is 21.7. The number of ether oxygens (including phenoxy) is 2. The van der Waals surface area contributed by atoms with Crippen LogP contribution in [0.2, 0.25) is 0 Å². The van der Waals surface area contributed by atoms with E-state index in [0.29, 0.717) is 17.4 Å². The van der Waals surface area contributed by atoms with Crippen LogP contribution in [-0.4, -0.2) is 71.7 Å². The fourth-order valence-electron chi connectivity index (χ4n) is 4.93. The number of carbonyl (C=O) groups excluding carboxylic acids is 3. The van der Waals surface area contributed by atoms with E-state index in [1.807, 2.05) is 0 Å². The van der Waals surface area contributed by atoms with Crippen molar-refractivity contribution in [1.82, 2.24) is 10.2 Å². The Labute approximate surface area is 213 Å². The summed E-state index contributed by atoms with van der Waals surface area (Å²) in [6.07, 6.45) is -0.0695. The smallest absolute Gasteiger partial charge is 0.247 e. The second-order valence-corrected chi connectivity index (χ2v) is 8.87. The zero-order valence-corrected chi connectivity index (χ0v) is 20.5. The monoisotopic (exact) mass is 512 g/mol. The van der Waals surface area contributed by atoms with Crippen LogP contribution in [0.3, 0.4) is 0 Å². The van der Waals surface area contributed by atoms with Gasteiger partial charge in [-0.15, -0.1) is 0 Å². The Balaban J connectivity index is 1.83. The van der Waals surface area contributed by atoms with Gasteiger partial charge in [-0.3, -0.25) is 14.4 Å². The van der Waals surface area contributed by atoms with E-state index in [2.05, 4.69) is 5.32 Å². The molecule has 2 aromatic rings. The third-order valence-corrected chi connectivity index (χ3v) is 6.69. The van der Waals surface area contributed by atoms with Crippen LogP contribution in [0.25, 0.3) is 0 Å². The third kappa shape index (κ3) is 4.94.